The van der Waals surface area contributed by atoms with Crippen molar-refractivity contribution in [3.63, 3.8) is 0 Å². The second-order valence-corrected chi connectivity index (χ2v) is 23.4. The first-order chi connectivity index (χ1) is 41.0. The van der Waals surface area contributed by atoms with Gasteiger partial charge in [0.05, 0.1) is 0 Å². The first kappa shape index (κ1) is 79.1. The molecule has 6 nitrogen and oxygen atoms in total. The summed E-state index contributed by atoms with van der Waals surface area (Å²) in [7, 11) is 0. The molecule has 476 valence electrons. The number of esters is 3. The summed E-state index contributed by atoms with van der Waals surface area (Å²) in [6.45, 7) is 6.40. The van der Waals surface area contributed by atoms with E-state index >= 15 is 0 Å². The molecule has 1 unspecified atom stereocenters. The van der Waals surface area contributed by atoms with E-state index in [2.05, 4.69) is 130 Å². The molecule has 0 N–H and O–H groups in total. The maximum Gasteiger partial charge on any atom is 0.306 e. The van der Waals surface area contributed by atoms with Crippen LogP contribution < -0.4 is 0 Å². The second-order valence-electron chi connectivity index (χ2n) is 23.4. The van der Waals surface area contributed by atoms with E-state index in [0.717, 1.165) is 116 Å². The van der Waals surface area contributed by atoms with Gasteiger partial charge in [0.2, 0.25) is 0 Å². The molecule has 0 aromatic rings. The van der Waals surface area contributed by atoms with Gasteiger partial charge in [-0.3, -0.25) is 14.4 Å². The van der Waals surface area contributed by atoms with Gasteiger partial charge in [-0.1, -0.05) is 329 Å². The minimum Gasteiger partial charge on any atom is -0.462 e. The van der Waals surface area contributed by atoms with Crippen molar-refractivity contribution in [3.05, 3.63) is 109 Å². The van der Waals surface area contributed by atoms with Crippen molar-refractivity contribution in [1.29, 1.82) is 0 Å². The fourth-order valence-electron chi connectivity index (χ4n) is 10.1. The Morgan fingerprint density at radius 1 is 0.253 bits per heavy atom. The van der Waals surface area contributed by atoms with Gasteiger partial charge in [-0.05, 0) is 103 Å². The van der Waals surface area contributed by atoms with Gasteiger partial charge in [0.15, 0.2) is 6.10 Å². The molecule has 0 heterocycles. The predicted molar refractivity (Wildman–Crippen MR) is 362 cm³/mol. The van der Waals surface area contributed by atoms with Crippen molar-refractivity contribution < 1.29 is 28.6 Å². The molecule has 0 aliphatic rings. The van der Waals surface area contributed by atoms with Gasteiger partial charge in [-0.25, -0.2) is 0 Å². The summed E-state index contributed by atoms with van der Waals surface area (Å²) in [5, 5.41) is 0. The molecule has 1 atom stereocenters. The molecule has 0 saturated carbocycles. The average molecular weight is 1150 g/mol. The van der Waals surface area contributed by atoms with Crippen LogP contribution in [0.15, 0.2) is 109 Å². The van der Waals surface area contributed by atoms with E-state index in [-0.39, 0.29) is 31.1 Å². The number of unbranched alkanes of at least 4 members (excludes halogenated alkanes) is 35. The van der Waals surface area contributed by atoms with Crippen LogP contribution in [0.1, 0.15) is 342 Å². The minimum absolute atomic E-state index is 0.0752. The summed E-state index contributed by atoms with van der Waals surface area (Å²) in [6, 6.07) is 0. The third-order valence-electron chi connectivity index (χ3n) is 15.3. The van der Waals surface area contributed by atoms with Gasteiger partial charge in [0.25, 0.3) is 0 Å². The van der Waals surface area contributed by atoms with Gasteiger partial charge >= 0.3 is 17.9 Å². The lowest BCUT2D eigenvalue weighted by Crippen LogP contribution is -2.30. The highest BCUT2D eigenvalue weighted by Gasteiger charge is 2.19. The zero-order valence-electron chi connectivity index (χ0n) is 54.7. The lowest BCUT2D eigenvalue weighted by Gasteiger charge is -2.18. The summed E-state index contributed by atoms with van der Waals surface area (Å²) < 4.78 is 16.9. The van der Waals surface area contributed by atoms with Crippen molar-refractivity contribution in [2.45, 2.75) is 348 Å². The first-order valence-electron chi connectivity index (χ1n) is 35.4. The highest BCUT2D eigenvalue weighted by Crippen LogP contribution is 2.18. The molecule has 0 aromatic heterocycles. The Labute approximate surface area is 514 Å². The number of rotatable bonds is 64. The predicted octanol–water partition coefficient (Wildman–Crippen LogP) is 24.6. The van der Waals surface area contributed by atoms with Crippen molar-refractivity contribution in [2.24, 2.45) is 0 Å². The van der Waals surface area contributed by atoms with Gasteiger partial charge < -0.3 is 14.2 Å². The molecule has 0 amide bonds. The van der Waals surface area contributed by atoms with Crippen LogP contribution in [0.3, 0.4) is 0 Å². The van der Waals surface area contributed by atoms with Crippen LogP contribution in [-0.2, 0) is 28.6 Å². The summed E-state index contributed by atoms with van der Waals surface area (Å²) >= 11 is 0. The van der Waals surface area contributed by atoms with Crippen molar-refractivity contribution in [3.8, 4) is 0 Å². The van der Waals surface area contributed by atoms with Gasteiger partial charge in [-0.2, -0.15) is 0 Å². The van der Waals surface area contributed by atoms with Crippen molar-refractivity contribution in [1.82, 2.24) is 0 Å². The van der Waals surface area contributed by atoms with E-state index in [1.165, 1.54) is 186 Å². The highest BCUT2D eigenvalue weighted by molar-refractivity contribution is 5.71. The summed E-state index contributed by atoms with van der Waals surface area (Å²) in [4.78, 5) is 38.2. The minimum atomic E-state index is -0.777. The van der Waals surface area contributed by atoms with E-state index in [1.54, 1.807) is 0 Å². The zero-order chi connectivity index (χ0) is 59.9. The maximum absolute atomic E-state index is 12.9. The Morgan fingerprint density at radius 2 is 0.470 bits per heavy atom. The van der Waals surface area contributed by atoms with E-state index < -0.39 is 6.10 Å². The van der Waals surface area contributed by atoms with Crippen LogP contribution in [-0.4, -0.2) is 37.2 Å². The molecule has 0 radical (unpaired) electrons. The number of hydrogen-bond acceptors (Lipinski definition) is 6. The van der Waals surface area contributed by atoms with Crippen LogP contribution in [0.2, 0.25) is 0 Å². The quantitative estimate of drug-likeness (QED) is 0.0261. The SMILES string of the molecule is CC/C=C\C/C=C\C/C=C\C/C=C\C/C=C\CCCCCCCCCCCCCC(=O)OC(COC(=O)CCCCCCCCC)COC(=O)CCCCCCCCCCCCCCCCCCCC/C=C\C/C=C\C/C=C\C/C=C\CC. The summed E-state index contributed by atoms with van der Waals surface area (Å²) in [6.07, 6.45) is 97.2. The third-order valence-corrected chi connectivity index (χ3v) is 15.3. The standard InChI is InChI=1S/C77H132O6/c1-4-7-10-13-16-18-20-22-24-26-28-30-32-34-36-37-38-39-41-42-44-46-48-50-52-54-56-58-61-64-67-70-76(79)82-73-74(72-81-75(78)69-66-63-60-15-12-9-6-3)83-77(80)71-68-65-62-59-57-55-53-51-49-47-45-43-40-35-33-31-29-27-25-23-21-19-17-14-11-8-5-2/h7-8,10-11,16-19,22-25,28-31,35,40,74H,4-6,9,12-15,20-21,26-27,32-34,36-39,41-73H2,1-3H3/b10-7-,11-8-,18-16-,19-17-,24-22-,25-23-,30-28-,31-29-,40-35-. The Hall–Kier alpha value is -3.93. The molecule has 0 saturated heterocycles. The van der Waals surface area contributed by atoms with E-state index in [0.29, 0.717) is 19.3 Å². The molecular weight excluding hydrogens is 1020 g/mol. The lowest BCUT2D eigenvalue weighted by atomic mass is 10.0. The maximum atomic E-state index is 12.9. The number of carbonyl (C=O) groups is 3. The number of hydrogen-bond donors (Lipinski definition) is 0. The first-order valence-corrected chi connectivity index (χ1v) is 35.4. The molecule has 0 aliphatic carbocycles. The summed E-state index contributed by atoms with van der Waals surface area (Å²) in [5.41, 5.74) is 0. The largest absolute Gasteiger partial charge is 0.462 e. The van der Waals surface area contributed by atoms with Crippen LogP contribution in [0.4, 0.5) is 0 Å². The molecule has 0 aromatic carbocycles. The Kier molecular flexibility index (Phi) is 67.2. The van der Waals surface area contributed by atoms with Crippen molar-refractivity contribution >= 4 is 17.9 Å². The normalized spacial score (nSPS) is 12.8. The van der Waals surface area contributed by atoms with Gasteiger partial charge in [0.1, 0.15) is 13.2 Å². The zero-order valence-corrected chi connectivity index (χ0v) is 54.7. The average Bonchev–Trinajstić information content (AvgIpc) is 3.49. The van der Waals surface area contributed by atoms with Crippen molar-refractivity contribution in [2.75, 3.05) is 13.2 Å². The van der Waals surface area contributed by atoms with Gasteiger partial charge in [0, 0.05) is 19.3 Å². The van der Waals surface area contributed by atoms with Gasteiger partial charge in [-0.15, -0.1) is 0 Å². The fourth-order valence-corrected chi connectivity index (χ4v) is 10.1. The van der Waals surface area contributed by atoms with Crippen LogP contribution in [0, 0.1) is 0 Å². The molecule has 0 rings (SSSR count). The van der Waals surface area contributed by atoms with E-state index in [9.17, 15) is 14.4 Å². The van der Waals surface area contributed by atoms with E-state index in [4.69, 9.17) is 14.2 Å². The number of allylic oxidation sites excluding steroid dienone is 18. The molecular formula is C77H132O6. The van der Waals surface area contributed by atoms with E-state index in [1.807, 2.05) is 0 Å². The van der Waals surface area contributed by atoms with Crippen LogP contribution in [0.5, 0.6) is 0 Å². The molecule has 6 heteroatoms. The Balaban J connectivity index is 4.06. The van der Waals surface area contributed by atoms with Crippen LogP contribution >= 0.6 is 0 Å². The number of carbonyl (C=O) groups excluding carboxylic acids is 3. The fraction of sp³-hybridized carbons (Fsp3) is 0.727. The van der Waals surface area contributed by atoms with Crippen LogP contribution in [0.25, 0.3) is 0 Å². The topological polar surface area (TPSA) is 78.9 Å². The monoisotopic (exact) mass is 1150 g/mol. The molecule has 0 aliphatic heterocycles. The third kappa shape index (κ3) is 68.7. The number of ether oxygens (including phenoxy) is 3. The highest BCUT2D eigenvalue weighted by atomic mass is 16.6. The molecule has 0 fully saturated rings. The summed E-state index contributed by atoms with van der Waals surface area (Å²) in [5.74, 6) is -0.871. The lowest BCUT2D eigenvalue weighted by molar-refractivity contribution is -0.167. The molecule has 83 heavy (non-hydrogen) atoms. The second kappa shape index (κ2) is 70.6. The molecule has 0 bridgehead atoms. The smallest absolute Gasteiger partial charge is 0.306 e. The Bertz CT molecular complexity index is 1660. The molecule has 0 spiro atoms. The Morgan fingerprint density at radius 3 is 0.735 bits per heavy atom.